The lowest BCUT2D eigenvalue weighted by Gasteiger charge is -2.37. The molecule has 1 atom stereocenters. The zero-order valence-electron chi connectivity index (χ0n) is 14.5. The van der Waals surface area contributed by atoms with Crippen LogP contribution >= 0.6 is 12.4 Å². The van der Waals surface area contributed by atoms with Crippen molar-refractivity contribution < 1.29 is 27.5 Å². The quantitative estimate of drug-likeness (QED) is 0.805. The Kier molecular flexibility index (Phi) is 7.07. The molecule has 1 unspecified atom stereocenters. The van der Waals surface area contributed by atoms with Crippen molar-refractivity contribution in [1.29, 1.82) is 0 Å². The maximum absolute atomic E-state index is 12.8. The van der Waals surface area contributed by atoms with Gasteiger partial charge in [-0.15, -0.1) is 12.4 Å². The summed E-state index contributed by atoms with van der Waals surface area (Å²) in [6.45, 7) is 2.88. The van der Waals surface area contributed by atoms with Gasteiger partial charge in [-0.25, -0.2) is 0 Å². The predicted octanol–water partition coefficient (Wildman–Crippen LogP) is 1.40. The Morgan fingerprint density at radius 2 is 1.78 bits per heavy atom. The lowest BCUT2D eigenvalue weighted by molar-refractivity contribution is -0.146. The van der Waals surface area contributed by atoms with Crippen molar-refractivity contribution in [3.8, 4) is 0 Å². The second-order valence-corrected chi connectivity index (χ2v) is 6.26. The molecule has 0 bridgehead atoms. The molecule has 10 heteroatoms. The van der Waals surface area contributed by atoms with E-state index in [4.69, 9.17) is 4.74 Å². The molecule has 2 aliphatic heterocycles. The average Bonchev–Trinajstić information content (AvgIpc) is 2.67. The molecule has 150 valence electrons. The molecule has 2 heterocycles. The number of hydrogen-bond acceptors (Lipinski definition) is 4. The van der Waals surface area contributed by atoms with Gasteiger partial charge in [-0.2, -0.15) is 13.2 Å². The van der Waals surface area contributed by atoms with Crippen LogP contribution in [0.15, 0.2) is 24.3 Å². The molecule has 6 nitrogen and oxygen atoms in total. The summed E-state index contributed by atoms with van der Waals surface area (Å²) in [5, 5.41) is 3.09. The summed E-state index contributed by atoms with van der Waals surface area (Å²) in [6, 6.07) is 4.40. The highest BCUT2D eigenvalue weighted by atomic mass is 35.5. The van der Waals surface area contributed by atoms with Crippen molar-refractivity contribution in [1.82, 2.24) is 15.1 Å². The number of rotatable bonds is 2. The van der Waals surface area contributed by atoms with E-state index in [0.29, 0.717) is 32.8 Å². The molecular formula is C17H21ClF3N3O3. The van der Waals surface area contributed by atoms with Crippen LogP contribution in [0.25, 0.3) is 0 Å². The van der Waals surface area contributed by atoms with E-state index in [1.807, 2.05) is 0 Å². The number of amides is 2. The summed E-state index contributed by atoms with van der Waals surface area (Å²) in [5.74, 6) is -0.581. The summed E-state index contributed by atoms with van der Waals surface area (Å²) in [6.07, 6.45) is -5.01. The summed E-state index contributed by atoms with van der Waals surface area (Å²) in [5.41, 5.74) is -0.849. The Morgan fingerprint density at radius 1 is 1.11 bits per heavy atom. The van der Waals surface area contributed by atoms with E-state index in [2.05, 4.69) is 5.32 Å². The number of morpholine rings is 1. The number of piperazine rings is 1. The first-order valence-electron chi connectivity index (χ1n) is 8.44. The molecule has 2 aliphatic rings. The molecule has 0 aliphatic carbocycles. The summed E-state index contributed by atoms with van der Waals surface area (Å²) in [7, 11) is 0. The van der Waals surface area contributed by atoms with Crippen LogP contribution in [-0.4, -0.2) is 73.6 Å². The fourth-order valence-electron chi connectivity index (χ4n) is 3.07. The van der Waals surface area contributed by atoms with Crippen LogP contribution in [0.2, 0.25) is 0 Å². The minimum atomic E-state index is -4.49. The van der Waals surface area contributed by atoms with Crippen molar-refractivity contribution in [2.75, 3.05) is 45.9 Å². The minimum absolute atomic E-state index is 0. The number of alkyl halides is 3. The Labute approximate surface area is 161 Å². The zero-order valence-corrected chi connectivity index (χ0v) is 15.3. The maximum Gasteiger partial charge on any atom is 0.416 e. The van der Waals surface area contributed by atoms with Crippen molar-refractivity contribution in [2.45, 2.75) is 12.3 Å². The van der Waals surface area contributed by atoms with Crippen LogP contribution in [-0.2, 0) is 15.7 Å². The van der Waals surface area contributed by atoms with Gasteiger partial charge >= 0.3 is 6.18 Å². The molecule has 3 rings (SSSR count). The van der Waals surface area contributed by atoms with Gasteiger partial charge in [0.25, 0.3) is 11.8 Å². The molecule has 2 amide bonds. The van der Waals surface area contributed by atoms with Gasteiger partial charge in [-0.1, -0.05) is 6.07 Å². The van der Waals surface area contributed by atoms with E-state index in [-0.39, 0.29) is 37.0 Å². The number of benzene rings is 1. The molecule has 27 heavy (non-hydrogen) atoms. The second kappa shape index (κ2) is 8.90. The standard InChI is InChI=1S/C17H20F3N3O3.ClH/c18-17(19,20)13-3-1-2-12(10-13)15(24)22-5-7-23(8-6-22)16(25)14-11-21-4-9-26-14;/h1-3,10,14,21H,4-9,11H2;1H. The average molecular weight is 408 g/mol. The molecule has 2 saturated heterocycles. The lowest BCUT2D eigenvalue weighted by Crippen LogP contribution is -2.56. The third-order valence-electron chi connectivity index (χ3n) is 4.52. The fraction of sp³-hybridized carbons (Fsp3) is 0.529. The highest BCUT2D eigenvalue weighted by Crippen LogP contribution is 2.29. The molecule has 0 saturated carbocycles. The summed E-state index contributed by atoms with van der Waals surface area (Å²) >= 11 is 0. The monoisotopic (exact) mass is 407 g/mol. The predicted molar refractivity (Wildman–Crippen MR) is 93.8 cm³/mol. The number of ether oxygens (including phenoxy) is 1. The first kappa shape index (κ1) is 21.5. The second-order valence-electron chi connectivity index (χ2n) is 6.26. The van der Waals surface area contributed by atoms with Gasteiger partial charge < -0.3 is 19.9 Å². The Hall–Kier alpha value is -1.84. The third-order valence-corrected chi connectivity index (χ3v) is 4.52. The van der Waals surface area contributed by atoms with Crippen LogP contribution in [0.3, 0.4) is 0 Å². The molecule has 2 fully saturated rings. The van der Waals surface area contributed by atoms with Gasteiger partial charge in [0, 0.05) is 44.8 Å². The van der Waals surface area contributed by atoms with Crippen molar-refractivity contribution in [3.63, 3.8) is 0 Å². The largest absolute Gasteiger partial charge is 0.416 e. The molecule has 1 N–H and O–H groups in total. The first-order chi connectivity index (χ1) is 12.4. The first-order valence-corrected chi connectivity index (χ1v) is 8.44. The van der Waals surface area contributed by atoms with E-state index in [0.717, 1.165) is 12.1 Å². The van der Waals surface area contributed by atoms with Crippen LogP contribution < -0.4 is 5.32 Å². The number of carbonyl (C=O) groups is 2. The number of carbonyl (C=O) groups excluding carboxylic acids is 2. The van der Waals surface area contributed by atoms with Gasteiger partial charge in [0.15, 0.2) is 0 Å². The third kappa shape index (κ3) is 5.12. The van der Waals surface area contributed by atoms with E-state index in [9.17, 15) is 22.8 Å². The SMILES string of the molecule is Cl.O=C(c1cccc(C(F)(F)F)c1)N1CCN(C(=O)C2CNCCO2)CC1. The fourth-order valence-corrected chi connectivity index (χ4v) is 3.07. The lowest BCUT2D eigenvalue weighted by atomic mass is 10.1. The number of halogens is 4. The van der Waals surface area contributed by atoms with Crippen LogP contribution in [0.4, 0.5) is 13.2 Å². The van der Waals surface area contributed by atoms with Crippen molar-refractivity contribution >= 4 is 24.2 Å². The Bertz CT molecular complexity index is 673. The molecule has 0 radical (unpaired) electrons. The number of nitrogens with one attached hydrogen (secondary N) is 1. The maximum atomic E-state index is 12.8. The molecule has 1 aromatic carbocycles. The number of nitrogens with zero attached hydrogens (tertiary/aromatic N) is 2. The Balaban J connectivity index is 0.00000261. The topological polar surface area (TPSA) is 61.9 Å². The van der Waals surface area contributed by atoms with Gasteiger partial charge in [0.2, 0.25) is 0 Å². The smallest absolute Gasteiger partial charge is 0.366 e. The minimum Gasteiger partial charge on any atom is -0.366 e. The van der Waals surface area contributed by atoms with Crippen LogP contribution in [0, 0.1) is 0 Å². The number of hydrogen-bond donors (Lipinski definition) is 1. The highest BCUT2D eigenvalue weighted by Gasteiger charge is 2.33. The molecule has 0 spiro atoms. The van der Waals surface area contributed by atoms with Gasteiger partial charge in [0.1, 0.15) is 6.10 Å². The van der Waals surface area contributed by atoms with Gasteiger partial charge in [-0.3, -0.25) is 9.59 Å². The van der Waals surface area contributed by atoms with E-state index in [1.165, 1.54) is 17.0 Å². The van der Waals surface area contributed by atoms with E-state index in [1.54, 1.807) is 4.90 Å². The molecule has 0 aromatic heterocycles. The van der Waals surface area contributed by atoms with Gasteiger partial charge in [0.05, 0.1) is 12.2 Å². The van der Waals surface area contributed by atoms with E-state index < -0.39 is 23.8 Å². The van der Waals surface area contributed by atoms with Crippen LogP contribution in [0.5, 0.6) is 0 Å². The van der Waals surface area contributed by atoms with Crippen LogP contribution in [0.1, 0.15) is 15.9 Å². The Morgan fingerprint density at radius 3 is 2.37 bits per heavy atom. The zero-order chi connectivity index (χ0) is 18.7. The summed E-state index contributed by atoms with van der Waals surface area (Å²) in [4.78, 5) is 28.0. The van der Waals surface area contributed by atoms with Crippen molar-refractivity contribution in [3.05, 3.63) is 35.4 Å². The highest BCUT2D eigenvalue weighted by molar-refractivity contribution is 5.94. The molecular weight excluding hydrogens is 387 g/mol. The van der Waals surface area contributed by atoms with Gasteiger partial charge in [-0.05, 0) is 18.2 Å². The normalized spacial score (nSPS) is 20.8. The summed E-state index contributed by atoms with van der Waals surface area (Å²) < 4.78 is 43.9. The van der Waals surface area contributed by atoms with E-state index >= 15 is 0 Å². The molecule has 1 aromatic rings. The van der Waals surface area contributed by atoms with Crippen molar-refractivity contribution in [2.24, 2.45) is 0 Å².